The molecule has 1 N–H and O–H groups in total. The lowest BCUT2D eigenvalue weighted by Gasteiger charge is -2.23. The van der Waals surface area contributed by atoms with Gasteiger partial charge in [-0.1, -0.05) is 18.2 Å². The van der Waals surface area contributed by atoms with Gasteiger partial charge in [0.25, 0.3) is 0 Å². The van der Waals surface area contributed by atoms with E-state index in [2.05, 4.69) is 11.4 Å². The first-order valence-electron chi connectivity index (χ1n) is 6.08. The Labute approximate surface area is 99.4 Å². The molecule has 1 aromatic carbocycles. The predicted molar refractivity (Wildman–Crippen MR) is 67.3 cm³/mol. The average molecular weight is 229 g/mol. The number of hydrogen-bond donors (Lipinski definition) is 1. The number of piperidine rings is 1. The molecule has 1 atom stereocenters. The fourth-order valence-corrected chi connectivity index (χ4v) is 2.55. The minimum absolute atomic E-state index is 0.270. The molecule has 2 heterocycles. The van der Waals surface area contributed by atoms with Crippen molar-refractivity contribution in [1.82, 2.24) is 5.32 Å². The minimum Gasteiger partial charge on any atom is -0.422 e. The number of para-hydroxylation sites is 1. The van der Waals surface area contributed by atoms with Gasteiger partial charge in [-0.3, -0.25) is 0 Å². The Kier molecular flexibility index (Phi) is 2.69. The summed E-state index contributed by atoms with van der Waals surface area (Å²) in [5.74, 6) is 0.456. The molecule has 0 spiro atoms. The topological polar surface area (TPSA) is 42.2 Å². The summed E-state index contributed by atoms with van der Waals surface area (Å²) in [5.41, 5.74) is 1.65. The molecule has 17 heavy (non-hydrogen) atoms. The molecule has 1 saturated heterocycles. The smallest absolute Gasteiger partial charge is 0.336 e. The first-order chi connectivity index (χ1) is 8.34. The van der Waals surface area contributed by atoms with Crippen molar-refractivity contribution >= 4 is 11.0 Å². The lowest BCUT2D eigenvalue weighted by Crippen LogP contribution is -2.28. The van der Waals surface area contributed by atoms with Crippen molar-refractivity contribution in [3.05, 3.63) is 46.3 Å². The highest BCUT2D eigenvalue weighted by Gasteiger charge is 2.18. The van der Waals surface area contributed by atoms with Crippen LogP contribution in [0, 0.1) is 0 Å². The number of nitrogens with one attached hydrogen (secondary N) is 1. The predicted octanol–water partition coefficient (Wildman–Crippen LogP) is 2.26. The fraction of sp³-hybridized carbons (Fsp3) is 0.357. The molecule has 0 amide bonds. The van der Waals surface area contributed by atoms with Crippen LogP contribution >= 0.6 is 0 Å². The summed E-state index contributed by atoms with van der Waals surface area (Å²) in [5, 5.41) is 4.40. The van der Waals surface area contributed by atoms with Gasteiger partial charge in [-0.25, -0.2) is 4.79 Å². The van der Waals surface area contributed by atoms with Crippen LogP contribution < -0.4 is 10.9 Å². The van der Waals surface area contributed by atoms with E-state index in [1.165, 1.54) is 12.5 Å². The quantitative estimate of drug-likeness (QED) is 0.763. The summed E-state index contributed by atoms with van der Waals surface area (Å²) in [6, 6.07) is 9.40. The lowest BCUT2D eigenvalue weighted by molar-refractivity contribution is 0.456. The van der Waals surface area contributed by atoms with Gasteiger partial charge >= 0.3 is 5.63 Å². The zero-order valence-electron chi connectivity index (χ0n) is 9.61. The van der Waals surface area contributed by atoms with Crippen LogP contribution in [0.4, 0.5) is 0 Å². The zero-order chi connectivity index (χ0) is 11.7. The Morgan fingerprint density at radius 2 is 2.18 bits per heavy atom. The van der Waals surface area contributed by atoms with Crippen LogP contribution in [0.15, 0.2) is 39.5 Å². The first-order valence-corrected chi connectivity index (χ1v) is 6.08. The molecular weight excluding hydrogens is 214 g/mol. The molecule has 88 valence electrons. The maximum absolute atomic E-state index is 11.3. The van der Waals surface area contributed by atoms with E-state index in [4.69, 9.17) is 4.42 Å². The number of rotatable bonds is 1. The van der Waals surface area contributed by atoms with Crippen molar-refractivity contribution in [2.75, 3.05) is 13.1 Å². The van der Waals surface area contributed by atoms with Gasteiger partial charge in [0.15, 0.2) is 0 Å². The second-order valence-corrected chi connectivity index (χ2v) is 4.56. The van der Waals surface area contributed by atoms with Gasteiger partial charge in [0, 0.05) is 23.9 Å². The summed E-state index contributed by atoms with van der Waals surface area (Å²) in [6.07, 6.45) is 2.34. The van der Waals surface area contributed by atoms with Crippen molar-refractivity contribution in [3.8, 4) is 0 Å². The molecule has 3 nitrogen and oxygen atoms in total. The van der Waals surface area contributed by atoms with Crippen molar-refractivity contribution in [3.63, 3.8) is 0 Å². The molecule has 1 aliphatic rings. The van der Waals surface area contributed by atoms with Crippen LogP contribution in [0.25, 0.3) is 11.0 Å². The van der Waals surface area contributed by atoms with E-state index in [0.717, 1.165) is 36.0 Å². The van der Waals surface area contributed by atoms with Crippen molar-refractivity contribution < 1.29 is 4.42 Å². The Morgan fingerprint density at radius 3 is 3.00 bits per heavy atom. The van der Waals surface area contributed by atoms with Crippen molar-refractivity contribution in [2.24, 2.45) is 0 Å². The Balaban J connectivity index is 2.14. The highest BCUT2D eigenvalue weighted by Crippen LogP contribution is 2.28. The standard InChI is InChI=1S/C14H15NO2/c16-13-7-6-10-3-1-5-12(14(10)17-13)11-4-2-8-15-9-11/h1,3,5-7,11,15H,2,4,8-9H2. The van der Waals surface area contributed by atoms with Crippen molar-refractivity contribution in [2.45, 2.75) is 18.8 Å². The second-order valence-electron chi connectivity index (χ2n) is 4.56. The average Bonchev–Trinajstić information content (AvgIpc) is 2.39. The van der Waals surface area contributed by atoms with Gasteiger partial charge in [0.05, 0.1) is 0 Å². The summed E-state index contributed by atoms with van der Waals surface area (Å²) >= 11 is 0. The van der Waals surface area contributed by atoms with Crippen LogP contribution in [-0.4, -0.2) is 13.1 Å². The van der Waals surface area contributed by atoms with E-state index in [9.17, 15) is 4.79 Å². The van der Waals surface area contributed by atoms with Gasteiger partial charge in [0.2, 0.25) is 0 Å². The highest BCUT2D eigenvalue weighted by atomic mass is 16.4. The van der Waals surface area contributed by atoms with Crippen LogP contribution in [0.1, 0.15) is 24.3 Å². The van der Waals surface area contributed by atoms with Gasteiger partial charge in [-0.05, 0) is 31.0 Å². The molecule has 1 aliphatic heterocycles. The van der Waals surface area contributed by atoms with Gasteiger partial charge in [-0.15, -0.1) is 0 Å². The maximum Gasteiger partial charge on any atom is 0.336 e. The largest absolute Gasteiger partial charge is 0.422 e. The van der Waals surface area contributed by atoms with Gasteiger partial charge in [0.1, 0.15) is 5.58 Å². The van der Waals surface area contributed by atoms with E-state index in [1.807, 2.05) is 18.2 Å². The Hall–Kier alpha value is -1.61. The maximum atomic E-state index is 11.3. The summed E-state index contributed by atoms with van der Waals surface area (Å²) < 4.78 is 5.36. The normalized spacial score (nSPS) is 20.6. The molecule has 3 rings (SSSR count). The fourth-order valence-electron chi connectivity index (χ4n) is 2.55. The van der Waals surface area contributed by atoms with Crippen LogP contribution in [-0.2, 0) is 0 Å². The SMILES string of the molecule is O=c1ccc2cccc(C3CCCNC3)c2o1. The first kappa shape index (κ1) is 10.5. The minimum atomic E-state index is -0.270. The molecule has 0 saturated carbocycles. The van der Waals surface area contributed by atoms with Crippen LogP contribution in [0.5, 0.6) is 0 Å². The molecule has 2 aromatic rings. The summed E-state index contributed by atoms with van der Waals surface area (Å²) in [7, 11) is 0. The molecular formula is C14H15NO2. The van der Waals surface area contributed by atoms with E-state index in [-0.39, 0.29) is 5.63 Å². The van der Waals surface area contributed by atoms with Gasteiger partial charge in [-0.2, -0.15) is 0 Å². The van der Waals surface area contributed by atoms with E-state index in [1.54, 1.807) is 0 Å². The Morgan fingerprint density at radius 1 is 1.24 bits per heavy atom. The second kappa shape index (κ2) is 4.34. The molecule has 0 aliphatic carbocycles. The highest BCUT2D eigenvalue weighted by molar-refractivity contribution is 5.80. The molecule has 1 aromatic heterocycles. The molecule has 3 heteroatoms. The zero-order valence-corrected chi connectivity index (χ0v) is 9.61. The third-order valence-corrected chi connectivity index (χ3v) is 3.41. The van der Waals surface area contributed by atoms with Gasteiger partial charge < -0.3 is 9.73 Å². The number of benzene rings is 1. The lowest BCUT2D eigenvalue weighted by atomic mass is 9.90. The van der Waals surface area contributed by atoms with Crippen molar-refractivity contribution in [1.29, 1.82) is 0 Å². The number of hydrogen-bond acceptors (Lipinski definition) is 3. The third-order valence-electron chi connectivity index (χ3n) is 3.41. The molecule has 1 unspecified atom stereocenters. The molecule has 0 bridgehead atoms. The molecule has 0 radical (unpaired) electrons. The van der Waals surface area contributed by atoms with E-state index < -0.39 is 0 Å². The van der Waals surface area contributed by atoms with Crippen LogP contribution in [0.3, 0.4) is 0 Å². The van der Waals surface area contributed by atoms with E-state index in [0.29, 0.717) is 5.92 Å². The molecule has 1 fully saturated rings. The monoisotopic (exact) mass is 229 g/mol. The summed E-state index contributed by atoms with van der Waals surface area (Å²) in [6.45, 7) is 2.06. The number of fused-ring (bicyclic) bond motifs is 1. The van der Waals surface area contributed by atoms with E-state index >= 15 is 0 Å². The third kappa shape index (κ3) is 1.98. The summed E-state index contributed by atoms with van der Waals surface area (Å²) in [4.78, 5) is 11.3. The Bertz CT molecular complexity index is 582. The van der Waals surface area contributed by atoms with Crippen LogP contribution in [0.2, 0.25) is 0 Å².